The average Bonchev–Trinajstić information content (AvgIpc) is 2.47. The maximum absolute atomic E-state index is 9.45. The van der Waals surface area contributed by atoms with Crippen molar-refractivity contribution in [3.63, 3.8) is 0 Å². The molecule has 0 aromatic carbocycles. The van der Waals surface area contributed by atoms with Crippen molar-refractivity contribution in [2.75, 3.05) is 31.6 Å². The number of hydrogen-bond donors (Lipinski definition) is 1. The van der Waals surface area contributed by atoms with Crippen LogP contribution in [0, 0.1) is 5.92 Å². The molecular formula is C15H23N3O. The number of fused-ring (bicyclic) bond motifs is 1. The van der Waals surface area contributed by atoms with Crippen LogP contribution in [0.1, 0.15) is 24.8 Å². The van der Waals surface area contributed by atoms with Gasteiger partial charge in [-0.1, -0.05) is 0 Å². The van der Waals surface area contributed by atoms with E-state index < -0.39 is 0 Å². The van der Waals surface area contributed by atoms with E-state index in [1.807, 2.05) is 12.3 Å². The van der Waals surface area contributed by atoms with Gasteiger partial charge in [-0.3, -0.25) is 4.98 Å². The predicted molar refractivity (Wildman–Crippen MR) is 76.1 cm³/mol. The molecule has 2 atom stereocenters. The third kappa shape index (κ3) is 2.47. The van der Waals surface area contributed by atoms with Crippen molar-refractivity contribution >= 4 is 5.69 Å². The van der Waals surface area contributed by atoms with Gasteiger partial charge in [0.2, 0.25) is 0 Å². The van der Waals surface area contributed by atoms with Crippen LogP contribution >= 0.6 is 0 Å². The molecule has 0 aliphatic carbocycles. The lowest BCUT2D eigenvalue weighted by molar-refractivity contribution is 0.102. The summed E-state index contributed by atoms with van der Waals surface area (Å²) in [6.45, 7) is 3.53. The Labute approximate surface area is 115 Å². The first-order valence-electron chi connectivity index (χ1n) is 7.28. The van der Waals surface area contributed by atoms with E-state index in [1.54, 1.807) is 6.20 Å². The zero-order chi connectivity index (χ0) is 13.2. The minimum Gasteiger partial charge on any atom is -0.392 e. The lowest BCUT2D eigenvalue weighted by Crippen LogP contribution is -2.52. The van der Waals surface area contributed by atoms with Crippen LogP contribution in [0.3, 0.4) is 0 Å². The predicted octanol–water partition coefficient (Wildman–Crippen LogP) is 1.49. The molecule has 0 spiro atoms. The van der Waals surface area contributed by atoms with E-state index in [2.05, 4.69) is 21.8 Å². The summed E-state index contributed by atoms with van der Waals surface area (Å²) in [6, 6.07) is 2.79. The van der Waals surface area contributed by atoms with Crippen molar-refractivity contribution in [2.24, 2.45) is 5.92 Å². The van der Waals surface area contributed by atoms with Gasteiger partial charge in [-0.25, -0.2) is 0 Å². The molecule has 0 radical (unpaired) electrons. The van der Waals surface area contributed by atoms with E-state index in [-0.39, 0.29) is 6.61 Å². The maximum atomic E-state index is 9.45. The highest BCUT2D eigenvalue weighted by atomic mass is 16.3. The van der Waals surface area contributed by atoms with Crippen molar-refractivity contribution in [3.05, 3.63) is 24.0 Å². The van der Waals surface area contributed by atoms with Crippen LogP contribution < -0.4 is 4.90 Å². The Morgan fingerprint density at radius 1 is 1.37 bits per heavy atom. The summed E-state index contributed by atoms with van der Waals surface area (Å²) in [7, 11) is 2.26. The fraction of sp³-hybridized carbons (Fsp3) is 0.667. The van der Waals surface area contributed by atoms with Crippen molar-refractivity contribution < 1.29 is 5.11 Å². The Kier molecular flexibility index (Phi) is 3.71. The van der Waals surface area contributed by atoms with Gasteiger partial charge in [-0.2, -0.15) is 0 Å². The smallest absolute Gasteiger partial charge is 0.0717 e. The number of hydrogen-bond acceptors (Lipinski definition) is 4. The number of nitrogens with zero attached hydrogens (tertiary/aromatic N) is 3. The van der Waals surface area contributed by atoms with E-state index >= 15 is 0 Å². The second-order valence-corrected chi connectivity index (χ2v) is 5.85. The summed E-state index contributed by atoms with van der Waals surface area (Å²) in [5.41, 5.74) is 2.12. The van der Waals surface area contributed by atoms with Gasteiger partial charge in [0.25, 0.3) is 0 Å². The fourth-order valence-electron chi connectivity index (χ4n) is 3.72. The van der Waals surface area contributed by atoms with Crippen molar-refractivity contribution in [1.29, 1.82) is 0 Å². The summed E-state index contributed by atoms with van der Waals surface area (Å²) in [5, 5.41) is 9.45. The number of aromatic nitrogens is 1. The number of likely N-dealkylation sites (tertiary alicyclic amines) is 1. The molecule has 3 heterocycles. The number of pyridine rings is 1. The SMILES string of the molecule is CN1CCCC2CN(c3ccncc3CO)CCC21. The zero-order valence-electron chi connectivity index (χ0n) is 11.6. The Bertz CT molecular complexity index is 437. The molecular weight excluding hydrogens is 238 g/mol. The molecule has 1 N–H and O–H groups in total. The van der Waals surface area contributed by atoms with E-state index in [9.17, 15) is 5.11 Å². The first kappa shape index (κ1) is 12.9. The summed E-state index contributed by atoms with van der Waals surface area (Å²) >= 11 is 0. The molecule has 1 aromatic heterocycles. The maximum Gasteiger partial charge on any atom is 0.0717 e. The molecule has 4 heteroatoms. The van der Waals surface area contributed by atoms with Gasteiger partial charge in [-0.15, -0.1) is 0 Å². The van der Waals surface area contributed by atoms with E-state index in [0.717, 1.165) is 30.6 Å². The molecule has 2 fully saturated rings. The highest BCUT2D eigenvalue weighted by Gasteiger charge is 2.34. The van der Waals surface area contributed by atoms with E-state index in [1.165, 1.54) is 31.5 Å². The lowest BCUT2D eigenvalue weighted by atomic mass is 9.84. The molecule has 2 unspecified atom stereocenters. The average molecular weight is 261 g/mol. The van der Waals surface area contributed by atoms with Crippen LogP contribution in [-0.4, -0.2) is 47.7 Å². The summed E-state index contributed by atoms with van der Waals surface area (Å²) in [5.74, 6) is 0.771. The van der Waals surface area contributed by atoms with Crippen LogP contribution in [0.4, 0.5) is 5.69 Å². The molecule has 2 saturated heterocycles. The lowest BCUT2D eigenvalue weighted by Gasteiger charge is -2.47. The second kappa shape index (κ2) is 5.47. The second-order valence-electron chi connectivity index (χ2n) is 5.85. The topological polar surface area (TPSA) is 39.6 Å². The number of aliphatic hydroxyl groups excluding tert-OH is 1. The van der Waals surface area contributed by atoms with Crippen LogP contribution in [0.15, 0.2) is 18.5 Å². The summed E-state index contributed by atoms with van der Waals surface area (Å²) in [4.78, 5) is 9.08. The van der Waals surface area contributed by atoms with Crippen LogP contribution in [0.5, 0.6) is 0 Å². The van der Waals surface area contributed by atoms with Crippen LogP contribution in [0.25, 0.3) is 0 Å². The zero-order valence-corrected chi connectivity index (χ0v) is 11.6. The third-order valence-electron chi connectivity index (χ3n) is 4.73. The molecule has 0 bridgehead atoms. The van der Waals surface area contributed by atoms with E-state index in [0.29, 0.717) is 0 Å². The molecule has 2 aliphatic heterocycles. The van der Waals surface area contributed by atoms with Crippen LogP contribution in [0.2, 0.25) is 0 Å². The molecule has 1 aromatic rings. The van der Waals surface area contributed by atoms with Gasteiger partial charge in [0.1, 0.15) is 0 Å². The quantitative estimate of drug-likeness (QED) is 0.875. The molecule has 4 nitrogen and oxygen atoms in total. The number of anilines is 1. The highest BCUT2D eigenvalue weighted by molar-refractivity contribution is 5.52. The van der Waals surface area contributed by atoms with Gasteiger partial charge in [-0.05, 0) is 44.8 Å². The molecule has 0 saturated carbocycles. The highest BCUT2D eigenvalue weighted by Crippen LogP contribution is 2.32. The van der Waals surface area contributed by atoms with Gasteiger partial charge >= 0.3 is 0 Å². The Hall–Kier alpha value is -1.13. The van der Waals surface area contributed by atoms with Crippen molar-refractivity contribution in [3.8, 4) is 0 Å². The standard InChI is InChI=1S/C15H23N3O/c1-17-7-2-3-12-10-18(8-5-14(12)17)15-4-6-16-9-13(15)11-19/h4,6,9,12,14,19H,2-3,5,7-8,10-11H2,1H3. The molecule has 104 valence electrons. The first-order chi connectivity index (χ1) is 9.29. The summed E-state index contributed by atoms with van der Waals surface area (Å²) in [6.07, 6.45) is 7.50. The molecule has 2 aliphatic rings. The monoisotopic (exact) mass is 261 g/mol. The van der Waals surface area contributed by atoms with E-state index in [4.69, 9.17) is 0 Å². The number of aliphatic hydroxyl groups is 1. The number of rotatable bonds is 2. The number of piperidine rings is 2. The summed E-state index contributed by atoms with van der Waals surface area (Å²) < 4.78 is 0. The molecule has 0 amide bonds. The van der Waals surface area contributed by atoms with Crippen LogP contribution in [-0.2, 0) is 6.61 Å². The van der Waals surface area contributed by atoms with Crippen molar-refractivity contribution in [1.82, 2.24) is 9.88 Å². The Balaban J connectivity index is 1.77. The molecule has 19 heavy (non-hydrogen) atoms. The normalized spacial score (nSPS) is 28.2. The Morgan fingerprint density at radius 2 is 2.26 bits per heavy atom. The fourth-order valence-corrected chi connectivity index (χ4v) is 3.72. The van der Waals surface area contributed by atoms with Gasteiger partial charge < -0.3 is 14.9 Å². The van der Waals surface area contributed by atoms with Gasteiger partial charge in [0.05, 0.1) is 6.61 Å². The van der Waals surface area contributed by atoms with Crippen molar-refractivity contribution in [2.45, 2.75) is 31.9 Å². The third-order valence-corrected chi connectivity index (χ3v) is 4.73. The Morgan fingerprint density at radius 3 is 3.11 bits per heavy atom. The first-order valence-corrected chi connectivity index (χ1v) is 7.28. The molecule has 3 rings (SSSR count). The van der Waals surface area contributed by atoms with Gasteiger partial charge in [0.15, 0.2) is 0 Å². The largest absolute Gasteiger partial charge is 0.392 e. The minimum absolute atomic E-state index is 0.0771. The minimum atomic E-state index is 0.0771. The van der Waals surface area contributed by atoms with Gasteiger partial charge in [0, 0.05) is 42.8 Å².